The van der Waals surface area contributed by atoms with Crippen LogP contribution in [-0.2, 0) is 15.7 Å². The quantitative estimate of drug-likeness (QED) is 0.480. The number of anilines is 1. The van der Waals surface area contributed by atoms with Crippen LogP contribution >= 0.6 is 0 Å². The van der Waals surface area contributed by atoms with Gasteiger partial charge in [0, 0.05) is 0 Å². The van der Waals surface area contributed by atoms with Crippen LogP contribution in [0.4, 0.5) is 32.0 Å². The van der Waals surface area contributed by atoms with Crippen molar-refractivity contribution in [3.05, 3.63) is 65.0 Å². The third-order valence-electron chi connectivity index (χ3n) is 3.37. The number of esters is 1. The Morgan fingerprint density at radius 1 is 1.04 bits per heavy atom. The van der Waals surface area contributed by atoms with Crippen molar-refractivity contribution in [3.63, 3.8) is 0 Å². The number of ether oxygens (including phenoxy) is 1. The lowest BCUT2D eigenvalue weighted by molar-refractivity contribution is -0.137. The molecule has 10 heteroatoms. The number of hydrogen-bond acceptors (Lipinski definition) is 3. The molecule has 144 valence electrons. The number of benzene rings is 2. The molecule has 0 fully saturated rings. The van der Waals surface area contributed by atoms with Crippen LogP contribution in [0.25, 0.3) is 0 Å². The summed E-state index contributed by atoms with van der Waals surface area (Å²) >= 11 is 0. The normalized spacial score (nSPS) is 12.4. The van der Waals surface area contributed by atoms with Gasteiger partial charge in [0.25, 0.3) is 5.91 Å². The highest BCUT2D eigenvalue weighted by molar-refractivity contribution is 5.97. The fraction of sp³-hybridized carbons (Fsp3) is 0.176. The van der Waals surface area contributed by atoms with E-state index in [-0.39, 0.29) is 0 Å². The number of nitrogens with one attached hydrogen (secondary N) is 1. The summed E-state index contributed by atoms with van der Waals surface area (Å²) in [7, 11) is 0. The zero-order valence-corrected chi connectivity index (χ0v) is 13.5. The van der Waals surface area contributed by atoms with Gasteiger partial charge in [-0.3, -0.25) is 4.79 Å². The van der Waals surface area contributed by atoms with Crippen LogP contribution in [-0.4, -0.2) is 18.0 Å². The van der Waals surface area contributed by atoms with Crippen molar-refractivity contribution in [1.82, 2.24) is 0 Å². The summed E-state index contributed by atoms with van der Waals surface area (Å²) < 4.78 is 82.2. The summed E-state index contributed by atoms with van der Waals surface area (Å²) in [6.45, 7) is 1.07. The van der Waals surface area contributed by atoms with Gasteiger partial charge in [-0.1, -0.05) is 6.07 Å². The molecule has 2 aromatic rings. The molecule has 0 bridgehead atoms. The fourth-order valence-electron chi connectivity index (χ4n) is 1.96. The van der Waals surface area contributed by atoms with Gasteiger partial charge in [-0.25, -0.2) is 18.0 Å². The molecule has 1 N–H and O–H groups in total. The Hall–Kier alpha value is -3.04. The second-order valence-corrected chi connectivity index (χ2v) is 5.34. The highest BCUT2D eigenvalue weighted by Crippen LogP contribution is 2.29. The third kappa shape index (κ3) is 4.78. The van der Waals surface area contributed by atoms with Crippen molar-refractivity contribution < 1.29 is 40.7 Å². The molecule has 0 aliphatic rings. The Bertz CT molecular complexity index is 881. The maximum absolute atomic E-state index is 13.5. The topological polar surface area (TPSA) is 55.4 Å². The lowest BCUT2D eigenvalue weighted by Crippen LogP contribution is -2.30. The van der Waals surface area contributed by atoms with Crippen molar-refractivity contribution in [2.45, 2.75) is 19.2 Å². The molecule has 1 amide bonds. The maximum atomic E-state index is 13.5. The van der Waals surface area contributed by atoms with Gasteiger partial charge >= 0.3 is 12.1 Å². The van der Waals surface area contributed by atoms with E-state index in [1.54, 1.807) is 0 Å². The molecule has 0 radical (unpaired) electrons. The van der Waals surface area contributed by atoms with Crippen molar-refractivity contribution in [1.29, 1.82) is 0 Å². The van der Waals surface area contributed by atoms with E-state index in [1.807, 2.05) is 5.32 Å². The molecule has 2 aromatic carbocycles. The first kappa shape index (κ1) is 20.3. The molecule has 4 nitrogen and oxygen atoms in total. The number of halogens is 6. The van der Waals surface area contributed by atoms with Crippen LogP contribution < -0.4 is 5.32 Å². The van der Waals surface area contributed by atoms with E-state index in [9.17, 15) is 35.9 Å². The summed E-state index contributed by atoms with van der Waals surface area (Å²) in [4.78, 5) is 23.8. The number of hydrogen-bond donors (Lipinski definition) is 1. The molecule has 27 heavy (non-hydrogen) atoms. The molecular formula is C17H11F6NO3. The number of carbonyl (C=O) groups excluding carboxylic acids is 2. The standard InChI is InChI=1S/C17H11F6NO3/c1-8(15(25)24-12-6-5-11(18)13(19)14(12)20)27-16(26)9-3-2-4-10(7-9)17(21,22)23/h2-8H,1H3,(H,24,25)/t8-/m1/s1. The number of alkyl halides is 3. The smallest absolute Gasteiger partial charge is 0.416 e. The fourth-order valence-corrected chi connectivity index (χ4v) is 1.96. The summed E-state index contributed by atoms with van der Waals surface area (Å²) in [5.41, 5.74) is -2.23. The Morgan fingerprint density at radius 2 is 1.70 bits per heavy atom. The SMILES string of the molecule is C[C@@H](OC(=O)c1cccc(C(F)(F)F)c1)C(=O)Nc1ccc(F)c(F)c1F. The lowest BCUT2D eigenvalue weighted by Gasteiger charge is -2.15. The summed E-state index contributed by atoms with van der Waals surface area (Å²) in [6.07, 6.45) is -6.23. The number of carbonyl (C=O) groups is 2. The van der Waals surface area contributed by atoms with Crippen molar-refractivity contribution in [2.75, 3.05) is 5.32 Å². The molecule has 0 aliphatic heterocycles. The van der Waals surface area contributed by atoms with Crippen LogP contribution in [0.15, 0.2) is 36.4 Å². The third-order valence-corrected chi connectivity index (χ3v) is 3.37. The van der Waals surface area contributed by atoms with Gasteiger partial charge in [-0.2, -0.15) is 13.2 Å². The molecule has 1 atom stereocenters. The minimum Gasteiger partial charge on any atom is -0.449 e. The van der Waals surface area contributed by atoms with Crippen LogP contribution in [0.3, 0.4) is 0 Å². The number of rotatable bonds is 4. The molecule has 0 heterocycles. The van der Waals surface area contributed by atoms with E-state index in [4.69, 9.17) is 4.74 Å². The molecule has 0 unspecified atom stereocenters. The molecule has 0 saturated heterocycles. The van der Waals surface area contributed by atoms with Crippen molar-refractivity contribution in [2.24, 2.45) is 0 Å². The van der Waals surface area contributed by atoms with Crippen molar-refractivity contribution in [3.8, 4) is 0 Å². The van der Waals surface area contributed by atoms with E-state index in [2.05, 4.69) is 0 Å². The first-order valence-electron chi connectivity index (χ1n) is 7.33. The molecule has 0 aliphatic carbocycles. The molecule has 0 saturated carbocycles. The highest BCUT2D eigenvalue weighted by atomic mass is 19.4. The van der Waals surface area contributed by atoms with E-state index < -0.39 is 58.4 Å². The van der Waals surface area contributed by atoms with E-state index in [0.29, 0.717) is 12.1 Å². The maximum Gasteiger partial charge on any atom is 0.416 e. The first-order valence-corrected chi connectivity index (χ1v) is 7.33. The van der Waals surface area contributed by atoms with Crippen molar-refractivity contribution >= 4 is 17.6 Å². The molecule has 2 rings (SSSR count). The van der Waals surface area contributed by atoms with E-state index in [0.717, 1.165) is 31.2 Å². The molecule has 0 aromatic heterocycles. The monoisotopic (exact) mass is 391 g/mol. The zero-order valence-electron chi connectivity index (χ0n) is 13.5. The Morgan fingerprint density at radius 3 is 2.33 bits per heavy atom. The summed E-state index contributed by atoms with van der Waals surface area (Å²) in [6, 6.07) is 4.67. The lowest BCUT2D eigenvalue weighted by atomic mass is 10.1. The average Bonchev–Trinajstić information content (AvgIpc) is 2.61. The predicted molar refractivity (Wildman–Crippen MR) is 81.3 cm³/mol. The largest absolute Gasteiger partial charge is 0.449 e. The summed E-state index contributed by atoms with van der Waals surface area (Å²) in [5.74, 6) is -7.24. The number of amides is 1. The second kappa shape index (κ2) is 7.68. The van der Waals surface area contributed by atoms with E-state index in [1.165, 1.54) is 0 Å². The van der Waals surface area contributed by atoms with Gasteiger partial charge in [0.15, 0.2) is 23.6 Å². The van der Waals surface area contributed by atoms with Crippen LogP contribution in [0, 0.1) is 17.5 Å². The predicted octanol–water partition coefficient (Wildman–Crippen LogP) is 4.31. The molecule has 0 spiro atoms. The Labute approximate surface area is 148 Å². The van der Waals surface area contributed by atoms with Gasteiger partial charge < -0.3 is 10.1 Å². The Kier molecular flexibility index (Phi) is 5.77. The van der Waals surface area contributed by atoms with Gasteiger partial charge in [0.2, 0.25) is 0 Å². The van der Waals surface area contributed by atoms with Gasteiger partial charge in [0.05, 0.1) is 16.8 Å². The van der Waals surface area contributed by atoms with Gasteiger partial charge in [-0.15, -0.1) is 0 Å². The van der Waals surface area contributed by atoms with Gasteiger partial charge in [-0.05, 0) is 37.3 Å². The second-order valence-electron chi connectivity index (χ2n) is 5.34. The van der Waals surface area contributed by atoms with Crippen LogP contribution in [0.2, 0.25) is 0 Å². The van der Waals surface area contributed by atoms with E-state index >= 15 is 0 Å². The minimum atomic E-state index is -4.68. The Balaban J connectivity index is 2.08. The minimum absolute atomic E-state index is 0.455. The average molecular weight is 391 g/mol. The first-order chi connectivity index (χ1) is 12.5. The highest BCUT2D eigenvalue weighted by Gasteiger charge is 2.31. The van der Waals surface area contributed by atoms with Crippen LogP contribution in [0.5, 0.6) is 0 Å². The van der Waals surface area contributed by atoms with Crippen LogP contribution in [0.1, 0.15) is 22.8 Å². The van der Waals surface area contributed by atoms with Gasteiger partial charge in [0.1, 0.15) is 0 Å². The molecular weight excluding hydrogens is 380 g/mol. The summed E-state index contributed by atoms with van der Waals surface area (Å²) in [5, 5.41) is 1.89. The zero-order chi connectivity index (χ0) is 20.4.